The Balaban J connectivity index is 2.24. The quantitative estimate of drug-likeness (QED) is 0.0938. The predicted octanol–water partition coefficient (Wildman–Crippen LogP) is 4.21. The van der Waals surface area contributed by atoms with Gasteiger partial charge in [0.1, 0.15) is 6.61 Å². The van der Waals surface area contributed by atoms with Crippen LogP contribution < -0.4 is 0 Å². The Morgan fingerprint density at radius 2 is 1.51 bits per heavy atom. The fraction of sp³-hybridized carbons (Fsp3) is 0.360. The van der Waals surface area contributed by atoms with Gasteiger partial charge in [0.25, 0.3) is 5.09 Å². The lowest BCUT2D eigenvalue weighted by molar-refractivity contribution is -0.757. The summed E-state index contributed by atoms with van der Waals surface area (Å²) in [6.45, 7) is 1.36. The number of nitrogens with zero attached hydrogens (tertiary/aromatic N) is 1. The number of benzene rings is 2. The Morgan fingerprint density at radius 3 is 2.09 bits per heavy atom. The lowest BCUT2D eigenvalue weighted by atomic mass is 9.95. The van der Waals surface area contributed by atoms with E-state index in [0.29, 0.717) is 47.3 Å². The van der Waals surface area contributed by atoms with Crippen molar-refractivity contribution in [3.63, 3.8) is 0 Å². The lowest BCUT2D eigenvalue weighted by Gasteiger charge is -2.16. The number of carbonyl (C=O) groups is 2. The average molecular weight is 504 g/mol. The predicted molar refractivity (Wildman–Crippen MR) is 131 cm³/mol. The van der Waals surface area contributed by atoms with E-state index < -0.39 is 27.8 Å². The molecule has 188 valence electrons. The van der Waals surface area contributed by atoms with Crippen molar-refractivity contribution in [2.75, 3.05) is 26.1 Å². The molecule has 0 aliphatic heterocycles. The second-order valence-electron chi connectivity index (χ2n) is 7.59. The molecule has 35 heavy (non-hydrogen) atoms. The van der Waals surface area contributed by atoms with E-state index >= 15 is 0 Å². The molecule has 10 heteroatoms. The SMILES string of the molecule is CC(=O)OC/C(=C(\C(=O)OCCCCCCO[N+](=O)[O-])c1ccccc1)c1ccc(S(C)=O)cc1. The van der Waals surface area contributed by atoms with Gasteiger partial charge in [-0.15, -0.1) is 10.1 Å². The number of hydrogen-bond donors (Lipinski definition) is 0. The Hall–Kier alpha value is -3.53. The highest BCUT2D eigenvalue weighted by molar-refractivity contribution is 7.84. The molecule has 0 spiro atoms. The van der Waals surface area contributed by atoms with Gasteiger partial charge in [-0.05, 0) is 42.5 Å². The molecule has 1 unspecified atom stereocenters. The van der Waals surface area contributed by atoms with Gasteiger partial charge < -0.3 is 14.3 Å². The summed E-state index contributed by atoms with van der Waals surface area (Å²) in [7, 11) is -1.16. The van der Waals surface area contributed by atoms with Gasteiger partial charge in [0.2, 0.25) is 0 Å². The minimum absolute atomic E-state index is 0.0393. The Bertz CT molecular complexity index is 1050. The van der Waals surface area contributed by atoms with Crippen molar-refractivity contribution in [3.8, 4) is 0 Å². The molecule has 0 amide bonds. The molecule has 0 aliphatic carbocycles. The molecule has 0 radical (unpaired) electrons. The number of hydrogen-bond acceptors (Lipinski definition) is 8. The molecule has 0 aliphatic rings. The summed E-state index contributed by atoms with van der Waals surface area (Å²) < 4.78 is 22.6. The Morgan fingerprint density at radius 1 is 0.886 bits per heavy atom. The highest BCUT2D eigenvalue weighted by Gasteiger charge is 2.21. The summed E-state index contributed by atoms with van der Waals surface area (Å²) in [6, 6.07) is 15.8. The smallest absolute Gasteiger partial charge is 0.339 e. The van der Waals surface area contributed by atoms with Crippen molar-refractivity contribution in [2.24, 2.45) is 0 Å². The fourth-order valence-corrected chi connectivity index (χ4v) is 3.79. The van der Waals surface area contributed by atoms with Crippen molar-refractivity contribution < 1.29 is 33.2 Å². The van der Waals surface area contributed by atoms with Gasteiger partial charge in [0.15, 0.2) is 0 Å². The van der Waals surface area contributed by atoms with Crippen LogP contribution in [0.25, 0.3) is 11.1 Å². The van der Waals surface area contributed by atoms with Crippen LogP contribution in [0.1, 0.15) is 43.7 Å². The average Bonchev–Trinajstić information content (AvgIpc) is 2.83. The highest BCUT2D eigenvalue weighted by Crippen LogP contribution is 2.29. The van der Waals surface area contributed by atoms with Gasteiger partial charge in [0.05, 0.1) is 18.8 Å². The number of rotatable bonds is 14. The van der Waals surface area contributed by atoms with E-state index in [0.717, 1.165) is 0 Å². The minimum atomic E-state index is -1.16. The summed E-state index contributed by atoms with van der Waals surface area (Å²) >= 11 is 0. The molecule has 2 rings (SSSR count). The molecule has 0 saturated heterocycles. The standard InChI is InChI=1S/C25H29NO8S/c1-19(27)33-18-23(20-12-14-22(15-13-20)35(2)31)24(21-10-6-5-7-11-21)25(28)32-16-8-3-4-9-17-34-26(29)30/h5-7,10-15H,3-4,8-9,16-18H2,1-2H3/b24-23+. The molecule has 0 saturated carbocycles. The largest absolute Gasteiger partial charge is 0.462 e. The Kier molecular flexibility index (Phi) is 11.6. The van der Waals surface area contributed by atoms with E-state index in [9.17, 15) is 23.9 Å². The topological polar surface area (TPSA) is 122 Å². The normalized spacial score (nSPS) is 12.3. The third-order valence-corrected chi connectivity index (χ3v) is 5.93. The van der Waals surface area contributed by atoms with Crippen LogP contribution in [0, 0.1) is 10.1 Å². The number of esters is 2. The molecular weight excluding hydrogens is 474 g/mol. The van der Waals surface area contributed by atoms with Crippen LogP contribution in [0.15, 0.2) is 59.5 Å². The minimum Gasteiger partial charge on any atom is -0.462 e. The summed E-state index contributed by atoms with van der Waals surface area (Å²) in [5.74, 6) is -1.05. The van der Waals surface area contributed by atoms with Gasteiger partial charge in [0, 0.05) is 34.4 Å². The molecule has 0 aromatic heterocycles. The molecular formula is C25H29NO8S. The van der Waals surface area contributed by atoms with Crippen molar-refractivity contribution in [2.45, 2.75) is 37.5 Å². The van der Waals surface area contributed by atoms with E-state index in [4.69, 9.17) is 9.47 Å². The fourth-order valence-electron chi connectivity index (χ4n) is 3.28. The van der Waals surface area contributed by atoms with E-state index in [1.54, 1.807) is 54.8 Å². The molecule has 9 nitrogen and oxygen atoms in total. The number of unbranched alkanes of at least 4 members (excludes halogenated alkanes) is 3. The van der Waals surface area contributed by atoms with Crippen LogP contribution in [0.5, 0.6) is 0 Å². The zero-order valence-corrected chi connectivity index (χ0v) is 20.6. The monoisotopic (exact) mass is 503 g/mol. The maximum atomic E-state index is 13.2. The van der Waals surface area contributed by atoms with Crippen LogP contribution in [-0.2, 0) is 34.7 Å². The van der Waals surface area contributed by atoms with Crippen LogP contribution in [0.2, 0.25) is 0 Å². The van der Waals surface area contributed by atoms with Crippen molar-refractivity contribution in [3.05, 3.63) is 75.8 Å². The van der Waals surface area contributed by atoms with Crippen molar-refractivity contribution >= 4 is 33.9 Å². The van der Waals surface area contributed by atoms with Crippen molar-refractivity contribution in [1.82, 2.24) is 0 Å². The summed E-state index contributed by atoms with van der Waals surface area (Å²) in [5, 5.41) is 9.34. The first-order chi connectivity index (χ1) is 16.8. The number of carbonyl (C=O) groups excluding carboxylic acids is 2. The van der Waals surface area contributed by atoms with Crippen LogP contribution in [-0.4, -0.2) is 47.3 Å². The molecule has 0 heterocycles. The second-order valence-corrected chi connectivity index (χ2v) is 8.96. The molecule has 2 aromatic carbocycles. The zero-order valence-electron chi connectivity index (χ0n) is 19.8. The Labute approximate surface area is 206 Å². The lowest BCUT2D eigenvalue weighted by Crippen LogP contribution is -2.14. The van der Waals surface area contributed by atoms with Gasteiger partial charge in [-0.2, -0.15) is 0 Å². The van der Waals surface area contributed by atoms with E-state index in [-0.39, 0.29) is 25.4 Å². The maximum Gasteiger partial charge on any atom is 0.339 e. The second kappa shape index (κ2) is 14.7. The molecule has 0 bridgehead atoms. The first kappa shape index (κ1) is 27.7. The number of ether oxygens (including phenoxy) is 2. The third-order valence-electron chi connectivity index (χ3n) is 4.99. The zero-order chi connectivity index (χ0) is 25.6. The molecule has 0 N–H and O–H groups in total. The first-order valence-electron chi connectivity index (χ1n) is 11.1. The molecule has 1 atom stereocenters. The maximum absolute atomic E-state index is 13.2. The van der Waals surface area contributed by atoms with Gasteiger partial charge in [-0.1, -0.05) is 48.9 Å². The van der Waals surface area contributed by atoms with E-state index in [1.165, 1.54) is 6.92 Å². The van der Waals surface area contributed by atoms with Gasteiger partial charge in [-0.3, -0.25) is 9.00 Å². The van der Waals surface area contributed by atoms with Crippen LogP contribution in [0.4, 0.5) is 0 Å². The van der Waals surface area contributed by atoms with Crippen LogP contribution >= 0.6 is 0 Å². The van der Waals surface area contributed by atoms with Crippen LogP contribution in [0.3, 0.4) is 0 Å². The molecule has 0 fully saturated rings. The third kappa shape index (κ3) is 9.70. The summed E-state index contributed by atoms with van der Waals surface area (Å²) in [4.78, 5) is 39.8. The first-order valence-corrected chi connectivity index (χ1v) is 12.7. The van der Waals surface area contributed by atoms with E-state index in [2.05, 4.69) is 4.84 Å². The summed E-state index contributed by atoms with van der Waals surface area (Å²) in [6.07, 6.45) is 4.12. The van der Waals surface area contributed by atoms with E-state index in [1.807, 2.05) is 6.07 Å². The van der Waals surface area contributed by atoms with Gasteiger partial charge >= 0.3 is 11.9 Å². The highest BCUT2D eigenvalue weighted by atomic mass is 32.2. The van der Waals surface area contributed by atoms with Gasteiger partial charge in [-0.25, -0.2) is 4.79 Å². The molecule has 2 aromatic rings. The van der Waals surface area contributed by atoms with Crippen molar-refractivity contribution in [1.29, 1.82) is 0 Å². The summed E-state index contributed by atoms with van der Waals surface area (Å²) in [5.41, 5.74) is 2.00.